The van der Waals surface area contributed by atoms with Crippen LogP contribution in [0.15, 0.2) is 534 Å². The number of fused-ring (bicyclic) bond motifs is 22. The topological polar surface area (TPSA) is 29.6 Å². The zero-order valence-corrected chi connectivity index (χ0v) is 77.5. The normalized spacial score (nSPS) is 11.8. The summed E-state index contributed by atoms with van der Waals surface area (Å²) in [6.07, 6.45) is 0. The molecule has 0 radical (unpaired) electrons. The average Bonchev–Trinajstić information content (AvgIpc) is 1.58. The van der Waals surface area contributed by atoms with Crippen molar-refractivity contribution in [1.82, 2.24) is 27.4 Å². The van der Waals surface area contributed by atoms with Crippen LogP contribution in [-0.4, -0.2) is 27.4 Å². The van der Waals surface area contributed by atoms with Gasteiger partial charge in [0.1, 0.15) is 0 Å². The second-order valence-electron chi connectivity index (χ2n) is 37.3. The highest BCUT2D eigenvalue weighted by atomic mass is 15.0. The van der Waals surface area contributed by atoms with Crippen molar-refractivity contribution < 1.29 is 0 Å². The van der Waals surface area contributed by atoms with Crippen molar-refractivity contribution in [3.05, 3.63) is 534 Å². The van der Waals surface area contributed by atoms with Crippen LogP contribution in [0.3, 0.4) is 0 Å². The molecule has 0 atom stereocenters. The smallest absolute Gasteiger partial charge is 0.0541 e. The first kappa shape index (κ1) is 81.5. The van der Waals surface area contributed by atoms with Crippen LogP contribution < -0.4 is 0 Å². The monoisotopic (exact) mass is 1800 g/mol. The molecule has 6 nitrogen and oxygen atoms in total. The van der Waals surface area contributed by atoms with Crippen LogP contribution >= 0.6 is 0 Å². The maximum Gasteiger partial charge on any atom is 0.0541 e. The molecule has 0 N–H and O–H groups in total. The third-order valence-electron chi connectivity index (χ3n) is 29.5. The van der Waals surface area contributed by atoms with Gasteiger partial charge in [0.25, 0.3) is 0 Å². The number of rotatable bonds is 11. The van der Waals surface area contributed by atoms with Crippen LogP contribution in [-0.2, 0) is 0 Å². The van der Waals surface area contributed by atoms with Gasteiger partial charge in [-0.2, -0.15) is 0 Å². The summed E-state index contributed by atoms with van der Waals surface area (Å²) in [6.45, 7) is 0. The zero-order valence-electron chi connectivity index (χ0n) is 77.5. The predicted octanol–water partition coefficient (Wildman–Crippen LogP) is 36.6. The minimum absolute atomic E-state index is 1.18. The van der Waals surface area contributed by atoms with E-state index >= 15 is 0 Å². The average molecular weight is 1810 g/mol. The predicted molar refractivity (Wildman–Crippen MR) is 603 cm³/mol. The molecule has 0 amide bonds. The van der Waals surface area contributed by atoms with Crippen molar-refractivity contribution in [1.29, 1.82) is 0 Å². The molecule has 0 unspecified atom stereocenters. The van der Waals surface area contributed by atoms with Crippen LogP contribution in [0.5, 0.6) is 0 Å². The van der Waals surface area contributed by atoms with Crippen LogP contribution in [0, 0.1) is 0 Å². The number of hydrogen-bond donors (Lipinski definition) is 0. The van der Waals surface area contributed by atoms with Gasteiger partial charge in [0.2, 0.25) is 0 Å². The van der Waals surface area contributed by atoms with Crippen molar-refractivity contribution in [3.8, 4) is 89.8 Å². The number of benzene rings is 24. The minimum atomic E-state index is 1.18. The molecule has 6 aromatic heterocycles. The van der Waals surface area contributed by atoms with E-state index in [2.05, 4.69) is 561 Å². The Morgan fingerprint density at radius 3 is 0.620 bits per heavy atom. The summed E-state index contributed by atoms with van der Waals surface area (Å²) < 4.78 is 14.5. The highest BCUT2D eigenvalue weighted by Gasteiger charge is 2.25. The van der Waals surface area contributed by atoms with E-state index in [0.717, 1.165) is 0 Å². The van der Waals surface area contributed by atoms with E-state index in [1.54, 1.807) is 0 Å². The quantitative estimate of drug-likeness (QED) is 0.124. The molecule has 6 heteroatoms. The highest BCUT2D eigenvalue weighted by molar-refractivity contribution is 6.19. The van der Waals surface area contributed by atoms with Crippen molar-refractivity contribution in [2.24, 2.45) is 0 Å². The largest absolute Gasteiger partial charge is 0.309 e. The molecule has 142 heavy (non-hydrogen) atoms. The van der Waals surface area contributed by atoms with Gasteiger partial charge in [-0.25, -0.2) is 0 Å². The molecule has 0 aliphatic heterocycles. The van der Waals surface area contributed by atoms with E-state index in [1.807, 2.05) is 0 Å². The summed E-state index contributed by atoms with van der Waals surface area (Å²) in [7, 11) is 0. The number of aromatic nitrogens is 6. The molecule has 30 aromatic rings. The standard InChI is InChI=1S/2C46H30N2.C44H28N2/c1-2-13-31(14-3-1)35-18-6-9-21-41(35)47-43-22-10-7-19-37(43)39-29-33(25-27-45(39)47)34-26-28-46-40(30-34)38-20-8-11-23-44(38)48(46)42-24-12-16-32-15-4-5-17-36(32)42;1-2-13-32(14-3-1)37-16-6-9-19-42(37)48-44-21-11-8-18-39(44)41-30-35(24-27-46(41)48)34-23-26-45-40(29-34)38-17-7-10-20-43(38)47(45)36-25-22-31-12-4-5-15-33(31)28-36;1-2-12-31-26-34(23-20-29(31)10-1)45-41-17-7-5-15-36(41)38-27-32(21-24-43(38)45)33-22-25-44-39(28-33)37-16-6-8-18-42(37)46(44)40-19-9-13-30-11-3-4-14-35(30)40/h2*1-30H;1-28H. The fourth-order valence-electron chi connectivity index (χ4n) is 23.0. The number of nitrogens with zero attached hydrogens (tertiary/aromatic N) is 6. The van der Waals surface area contributed by atoms with Gasteiger partial charge in [-0.1, -0.05) is 376 Å². The Kier molecular flexibility index (Phi) is 19.2. The third-order valence-corrected chi connectivity index (χ3v) is 29.5. The maximum absolute atomic E-state index is 2.43. The minimum Gasteiger partial charge on any atom is -0.309 e. The maximum atomic E-state index is 2.43. The summed E-state index contributed by atoms with van der Waals surface area (Å²) in [5.41, 5.74) is 33.9. The first-order valence-corrected chi connectivity index (χ1v) is 48.9. The van der Waals surface area contributed by atoms with E-state index in [0.29, 0.717) is 0 Å². The summed E-state index contributed by atoms with van der Waals surface area (Å²) in [6, 6.07) is 194. The van der Waals surface area contributed by atoms with Crippen LogP contribution in [0.2, 0.25) is 0 Å². The van der Waals surface area contributed by atoms with E-state index in [1.165, 1.54) is 264 Å². The lowest BCUT2D eigenvalue weighted by Crippen LogP contribution is -1.97. The van der Waals surface area contributed by atoms with Gasteiger partial charge < -0.3 is 27.4 Å². The molecule has 0 aliphatic rings. The van der Waals surface area contributed by atoms with Gasteiger partial charge in [0.05, 0.1) is 88.9 Å². The van der Waals surface area contributed by atoms with Gasteiger partial charge in [-0.15, -0.1) is 0 Å². The molecule has 0 fully saturated rings. The van der Waals surface area contributed by atoms with Gasteiger partial charge in [0, 0.05) is 97.9 Å². The first-order chi connectivity index (χ1) is 70.5. The van der Waals surface area contributed by atoms with E-state index in [4.69, 9.17) is 0 Å². The fourth-order valence-corrected chi connectivity index (χ4v) is 23.0. The highest BCUT2D eigenvalue weighted by Crippen LogP contribution is 2.47. The van der Waals surface area contributed by atoms with Crippen LogP contribution in [0.25, 0.3) is 264 Å². The molecule has 0 aliphatic carbocycles. The first-order valence-electron chi connectivity index (χ1n) is 48.9. The third kappa shape index (κ3) is 13.4. The Labute approximate surface area is 819 Å². The Morgan fingerprint density at radius 1 is 0.0986 bits per heavy atom. The second-order valence-corrected chi connectivity index (χ2v) is 37.3. The van der Waals surface area contributed by atoms with Crippen LogP contribution in [0.1, 0.15) is 0 Å². The molecule has 662 valence electrons. The van der Waals surface area contributed by atoms with Gasteiger partial charge >= 0.3 is 0 Å². The van der Waals surface area contributed by atoms with Crippen LogP contribution in [0.4, 0.5) is 0 Å². The Hall–Kier alpha value is -18.9. The van der Waals surface area contributed by atoms with Gasteiger partial charge in [-0.05, 0) is 235 Å². The van der Waals surface area contributed by atoms with Crippen molar-refractivity contribution in [2.45, 2.75) is 0 Å². The summed E-state index contributed by atoms with van der Waals surface area (Å²) in [4.78, 5) is 0. The van der Waals surface area contributed by atoms with Crippen molar-refractivity contribution >= 4 is 174 Å². The zero-order chi connectivity index (χ0) is 93.4. The molecule has 30 rings (SSSR count). The van der Waals surface area contributed by atoms with E-state index < -0.39 is 0 Å². The molecular weight excluding hydrogens is 1720 g/mol. The van der Waals surface area contributed by atoms with Gasteiger partial charge in [0.15, 0.2) is 0 Å². The Morgan fingerprint density at radius 2 is 0.310 bits per heavy atom. The summed E-state index contributed by atoms with van der Waals surface area (Å²) >= 11 is 0. The Bertz CT molecular complexity index is 10300. The summed E-state index contributed by atoms with van der Waals surface area (Å²) in [5.74, 6) is 0. The molecule has 0 spiro atoms. The SMILES string of the molecule is c1ccc(-c2ccccc2-n2c3ccccc3c3cc(-c4ccc5c(c4)c4ccccc4n5-c4ccc5ccccc5c4)ccc32)cc1.c1ccc(-c2ccccc2-n2c3ccccc3c3cc(-c4ccc5c(c4)c4ccccc4n5-c4cccc5ccccc45)ccc32)cc1.c1ccc2cc(-n3c4ccccc4c4cc(-c5ccc6c(c5)c5ccccc5n6-c5cccc6ccccc56)ccc43)ccc2c1. The molecule has 0 saturated carbocycles. The second kappa shape index (κ2) is 33.5. The number of hydrogen-bond acceptors (Lipinski definition) is 0. The van der Waals surface area contributed by atoms with E-state index in [9.17, 15) is 0 Å². The lowest BCUT2D eigenvalue weighted by molar-refractivity contribution is 1.18. The van der Waals surface area contributed by atoms with Crippen molar-refractivity contribution in [2.75, 3.05) is 0 Å². The molecule has 0 saturated heterocycles. The lowest BCUT2D eigenvalue weighted by Gasteiger charge is -2.14. The Balaban J connectivity index is 0.000000104. The van der Waals surface area contributed by atoms with E-state index in [-0.39, 0.29) is 0 Å². The molecular formula is C136H88N6. The lowest BCUT2D eigenvalue weighted by atomic mass is 10.0. The molecule has 0 bridgehead atoms. The number of para-hydroxylation sites is 8. The molecule has 24 aromatic carbocycles. The summed E-state index contributed by atoms with van der Waals surface area (Å²) in [5, 5.41) is 25.1. The fraction of sp³-hybridized carbons (Fsp3) is 0. The van der Waals surface area contributed by atoms with Crippen molar-refractivity contribution in [3.63, 3.8) is 0 Å². The molecule has 6 heterocycles. The van der Waals surface area contributed by atoms with Gasteiger partial charge in [-0.3, -0.25) is 0 Å².